The zero-order valence-corrected chi connectivity index (χ0v) is 10.4. The van der Waals surface area contributed by atoms with Crippen molar-refractivity contribution < 1.29 is 4.43 Å². The lowest BCUT2D eigenvalue weighted by Crippen LogP contribution is -2.31. The second-order valence-corrected chi connectivity index (χ2v) is 9.15. The van der Waals surface area contributed by atoms with Crippen molar-refractivity contribution in [2.75, 3.05) is 0 Å². The first-order valence-electron chi connectivity index (χ1n) is 5.38. The Morgan fingerprint density at radius 1 is 1.46 bits per heavy atom. The standard InChI is InChI=1S/C11H22OSi/c1-10(2)9-13(3,4)12-11-7-5-6-8-11/h7,10H,5-6,8-9H2,1-4H3. The van der Waals surface area contributed by atoms with Crippen LogP contribution in [0.15, 0.2) is 11.8 Å². The van der Waals surface area contributed by atoms with E-state index in [1.807, 2.05) is 0 Å². The molecule has 1 rings (SSSR count). The van der Waals surface area contributed by atoms with Crippen LogP contribution in [0.5, 0.6) is 0 Å². The maximum atomic E-state index is 6.11. The Hall–Kier alpha value is -0.243. The topological polar surface area (TPSA) is 9.23 Å². The molecular weight excluding hydrogens is 176 g/mol. The Morgan fingerprint density at radius 3 is 2.62 bits per heavy atom. The molecule has 0 bridgehead atoms. The van der Waals surface area contributed by atoms with E-state index in [1.54, 1.807) is 0 Å². The first-order valence-corrected chi connectivity index (χ1v) is 8.49. The van der Waals surface area contributed by atoms with Gasteiger partial charge < -0.3 is 4.43 Å². The van der Waals surface area contributed by atoms with Gasteiger partial charge in [0.25, 0.3) is 0 Å². The first kappa shape index (κ1) is 10.8. The van der Waals surface area contributed by atoms with Gasteiger partial charge in [0.15, 0.2) is 0 Å². The van der Waals surface area contributed by atoms with E-state index >= 15 is 0 Å². The summed E-state index contributed by atoms with van der Waals surface area (Å²) in [5.74, 6) is 2.04. The molecule has 0 aromatic carbocycles. The van der Waals surface area contributed by atoms with Crippen LogP contribution in [-0.2, 0) is 4.43 Å². The van der Waals surface area contributed by atoms with E-state index in [-0.39, 0.29) is 0 Å². The highest BCUT2D eigenvalue weighted by atomic mass is 28.4. The lowest BCUT2D eigenvalue weighted by atomic mass is 10.3. The lowest BCUT2D eigenvalue weighted by molar-refractivity contribution is 0.394. The van der Waals surface area contributed by atoms with Crippen LogP contribution in [0.25, 0.3) is 0 Å². The molecular formula is C11H22OSi. The van der Waals surface area contributed by atoms with Gasteiger partial charge in [0.1, 0.15) is 0 Å². The largest absolute Gasteiger partial charge is 0.547 e. The quantitative estimate of drug-likeness (QED) is 0.622. The van der Waals surface area contributed by atoms with E-state index in [2.05, 4.69) is 33.0 Å². The van der Waals surface area contributed by atoms with Crippen LogP contribution in [0.3, 0.4) is 0 Å². The van der Waals surface area contributed by atoms with Gasteiger partial charge in [-0.2, -0.15) is 0 Å². The van der Waals surface area contributed by atoms with Crippen LogP contribution >= 0.6 is 0 Å². The third-order valence-corrected chi connectivity index (χ3v) is 4.92. The number of hydrogen-bond acceptors (Lipinski definition) is 1. The van der Waals surface area contributed by atoms with Crippen molar-refractivity contribution in [3.05, 3.63) is 11.8 Å². The van der Waals surface area contributed by atoms with Crippen LogP contribution in [0.1, 0.15) is 33.1 Å². The van der Waals surface area contributed by atoms with E-state index < -0.39 is 8.32 Å². The molecule has 0 N–H and O–H groups in total. The predicted molar refractivity (Wildman–Crippen MR) is 60.1 cm³/mol. The molecule has 1 aliphatic carbocycles. The summed E-state index contributed by atoms with van der Waals surface area (Å²) in [4.78, 5) is 0. The van der Waals surface area contributed by atoms with Crippen LogP contribution in [0.2, 0.25) is 19.1 Å². The molecule has 2 heteroatoms. The second kappa shape index (κ2) is 4.31. The second-order valence-electron chi connectivity index (χ2n) is 5.02. The number of hydrogen-bond donors (Lipinski definition) is 0. The smallest absolute Gasteiger partial charge is 0.245 e. The zero-order chi connectivity index (χ0) is 9.90. The van der Waals surface area contributed by atoms with Gasteiger partial charge in [-0.05, 0) is 44.0 Å². The molecule has 0 heterocycles. The monoisotopic (exact) mass is 198 g/mol. The molecule has 76 valence electrons. The Bertz CT molecular complexity index is 194. The van der Waals surface area contributed by atoms with Gasteiger partial charge in [-0.1, -0.05) is 13.8 Å². The molecule has 0 aliphatic heterocycles. The molecule has 0 amide bonds. The van der Waals surface area contributed by atoms with Gasteiger partial charge in [0, 0.05) is 6.42 Å². The molecule has 0 atom stereocenters. The highest BCUT2D eigenvalue weighted by Crippen LogP contribution is 2.26. The van der Waals surface area contributed by atoms with Crippen molar-refractivity contribution in [3.63, 3.8) is 0 Å². The number of rotatable bonds is 4. The lowest BCUT2D eigenvalue weighted by Gasteiger charge is -2.26. The highest BCUT2D eigenvalue weighted by Gasteiger charge is 2.26. The fourth-order valence-corrected chi connectivity index (χ4v) is 5.06. The minimum atomic E-state index is -1.40. The van der Waals surface area contributed by atoms with Gasteiger partial charge in [-0.15, -0.1) is 0 Å². The van der Waals surface area contributed by atoms with E-state index in [0.717, 1.165) is 5.92 Å². The van der Waals surface area contributed by atoms with Crippen LogP contribution in [0.4, 0.5) is 0 Å². The van der Waals surface area contributed by atoms with Crippen molar-refractivity contribution in [3.8, 4) is 0 Å². The normalized spacial score (nSPS) is 17.8. The molecule has 0 unspecified atom stereocenters. The van der Waals surface area contributed by atoms with Gasteiger partial charge in [-0.3, -0.25) is 0 Å². The van der Waals surface area contributed by atoms with Crippen LogP contribution in [-0.4, -0.2) is 8.32 Å². The van der Waals surface area contributed by atoms with E-state index in [9.17, 15) is 0 Å². The minimum Gasteiger partial charge on any atom is -0.547 e. The molecule has 0 saturated heterocycles. The summed E-state index contributed by atoms with van der Waals surface area (Å²) in [6, 6.07) is 1.27. The fourth-order valence-electron chi connectivity index (χ4n) is 2.11. The number of allylic oxidation sites excluding steroid dienone is 2. The summed E-state index contributed by atoms with van der Waals surface area (Å²) in [7, 11) is -1.40. The summed E-state index contributed by atoms with van der Waals surface area (Å²) < 4.78 is 6.11. The van der Waals surface area contributed by atoms with E-state index in [4.69, 9.17) is 4.43 Å². The molecule has 1 nitrogen and oxygen atoms in total. The Balaban J connectivity index is 2.40. The van der Waals surface area contributed by atoms with E-state index in [1.165, 1.54) is 31.1 Å². The molecule has 0 radical (unpaired) electrons. The summed E-state index contributed by atoms with van der Waals surface area (Å²) in [6.45, 7) is 9.21. The summed E-state index contributed by atoms with van der Waals surface area (Å²) in [5.41, 5.74) is 0. The molecule has 0 aromatic rings. The van der Waals surface area contributed by atoms with Crippen LogP contribution < -0.4 is 0 Å². The first-order chi connectivity index (χ1) is 5.99. The Kier molecular flexibility index (Phi) is 3.60. The SMILES string of the molecule is CC(C)C[Si](C)(C)OC1=CCCC1. The minimum absolute atomic E-state index is 0.767. The fraction of sp³-hybridized carbons (Fsp3) is 0.818. The summed E-state index contributed by atoms with van der Waals surface area (Å²) in [6.07, 6.45) is 5.96. The van der Waals surface area contributed by atoms with Gasteiger partial charge in [-0.25, -0.2) is 0 Å². The van der Waals surface area contributed by atoms with Gasteiger partial charge in [0.2, 0.25) is 8.32 Å². The van der Waals surface area contributed by atoms with Crippen molar-refractivity contribution in [1.29, 1.82) is 0 Å². The molecule has 0 fully saturated rings. The van der Waals surface area contributed by atoms with Crippen molar-refractivity contribution in [2.24, 2.45) is 5.92 Å². The van der Waals surface area contributed by atoms with Crippen molar-refractivity contribution in [1.82, 2.24) is 0 Å². The maximum Gasteiger partial charge on any atom is 0.245 e. The zero-order valence-electron chi connectivity index (χ0n) is 9.39. The molecule has 0 spiro atoms. The van der Waals surface area contributed by atoms with Crippen LogP contribution in [0, 0.1) is 5.92 Å². The van der Waals surface area contributed by atoms with E-state index in [0.29, 0.717) is 0 Å². The predicted octanol–water partition coefficient (Wildman–Crippen LogP) is 3.93. The highest BCUT2D eigenvalue weighted by molar-refractivity contribution is 6.71. The maximum absolute atomic E-state index is 6.11. The molecule has 1 aliphatic rings. The molecule has 13 heavy (non-hydrogen) atoms. The van der Waals surface area contributed by atoms with Crippen molar-refractivity contribution >= 4 is 8.32 Å². The van der Waals surface area contributed by atoms with Crippen molar-refractivity contribution in [2.45, 2.75) is 52.2 Å². The summed E-state index contributed by atoms with van der Waals surface area (Å²) in [5, 5.41) is 0. The average Bonchev–Trinajstić information content (AvgIpc) is 2.34. The Labute approximate surface area is 83.3 Å². The molecule has 0 saturated carbocycles. The average molecular weight is 198 g/mol. The Morgan fingerprint density at radius 2 is 2.15 bits per heavy atom. The van der Waals surface area contributed by atoms with Gasteiger partial charge in [0.05, 0.1) is 5.76 Å². The molecule has 0 aromatic heterocycles. The summed E-state index contributed by atoms with van der Waals surface area (Å²) >= 11 is 0. The van der Waals surface area contributed by atoms with Gasteiger partial charge >= 0.3 is 0 Å². The third-order valence-electron chi connectivity index (χ3n) is 2.31. The third kappa shape index (κ3) is 3.99.